The van der Waals surface area contributed by atoms with Crippen molar-refractivity contribution >= 4 is 40.5 Å². The van der Waals surface area contributed by atoms with Gasteiger partial charge in [0.05, 0.1) is 18.4 Å². The molecule has 1 saturated heterocycles. The number of halogens is 1. The molecule has 3 rings (SSSR count). The number of para-hydroxylation sites is 2. The van der Waals surface area contributed by atoms with Gasteiger partial charge in [0.15, 0.2) is 0 Å². The number of carbonyl (C=O) groups excluding carboxylic acids is 2. The zero-order chi connectivity index (χ0) is 24.0. The van der Waals surface area contributed by atoms with Gasteiger partial charge in [0.25, 0.3) is 5.91 Å². The highest BCUT2D eigenvalue weighted by atomic mass is 35.5. The molecule has 0 bridgehead atoms. The van der Waals surface area contributed by atoms with E-state index in [4.69, 9.17) is 16.3 Å². The molecule has 1 aliphatic heterocycles. The van der Waals surface area contributed by atoms with E-state index < -0.39 is 5.38 Å². The van der Waals surface area contributed by atoms with Crippen molar-refractivity contribution in [3.05, 3.63) is 48.0 Å². The summed E-state index contributed by atoms with van der Waals surface area (Å²) in [6.45, 7) is 8.73. The molecular formula is C25H33ClN4O3. The molecule has 178 valence electrons. The van der Waals surface area contributed by atoms with E-state index in [1.54, 1.807) is 20.1 Å². The van der Waals surface area contributed by atoms with Crippen molar-refractivity contribution in [3.63, 3.8) is 0 Å². The Bertz CT molecular complexity index is 974. The fourth-order valence-electron chi connectivity index (χ4n) is 3.80. The first-order valence-corrected chi connectivity index (χ1v) is 11.8. The van der Waals surface area contributed by atoms with Crippen LogP contribution in [0.5, 0.6) is 5.75 Å². The SMILES string of the molecule is CCC(C)NC(=O)c1cc(NC(=O)C(C)Cl)ccc1N1CCN(c2ccccc2OC)CC1. The molecule has 0 aliphatic carbocycles. The quantitative estimate of drug-likeness (QED) is 0.565. The average Bonchev–Trinajstić information content (AvgIpc) is 2.83. The van der Waals surface area contributed by atoms with Gasteiger partial charge in [0, 0.05) is 43.6 Å². The van der Waals surface area contributed by atoms with E-state index in [0.717, 1.165) is 49.7 Å². The lowest BCUT2D eigenvalue weighted by Crippen LogP contribution is -2.47. The van der Waals surface area contributed by atoms with Crippen LogP contribution in [0.3, 0.4) is 0 Å². The summed E-state index contributed by atoms with van der Waals surface area (Å²) in [5.74, 6) is 0.401. The molecule has 2 unspecified atom stereocenters. The number of nitrogens with one attached hydrogen (secondary N) is 2. The van der Waals surface area contributed by atoms with Crippen LogP contribution < -0.4 is 25.2 Å². The predicted octanol–water partition coefficient (Wildman–Crippen LogP) is 4.12. The third-order valence-corrected chi connectivity index (χ3v) is 6.10. The maximum absolute atomic E-state index is 13.1. The Hall–Kier alpha value is -2.93. The lowest BCUT2D eigenvalue weighted by atomic mass is 10.1. The summed E-state index contributed by atoms with van der Waals surface area (Å²) in [5.41, 5.74) is 3.02. The van der Waals surface area contributed by atoms with Crippen molar-refractivity contribution in [2.45, 2.75) is 38.6 Å². The highest BCUT2D eigenvalue weighted by molar-refractivity contribution is 6.32. The zero-order valence-electron chi connectivity index (χ0n) is 19.7. The van der Waals surface area contributed by atoms with Gasteiger partial charge in [0.2, 0.25) is 5.91 Å². The number of piperazine rings is 1. The number of hydrogen-bond donors (Lipinski definition) is 2. The number of alkyl halides is 1. The predicted molar refractivity (Wildman–Crippen MR) is 135 cm³/mol. The van der Waals surface area contributed by atoms with Gasteiger partial charge in [-0.05, 0) is 50.6 Å². The minimum absolute atomic E-state index is 0.0499. The van der Waals surface area contributed by atoms with Crippen molar-refractivity contribution in [3.8, 4) is 5.75 Å². The van der Waals surface area contributed by atoms with Gasteiger partial charge < -0.3 is 25.2 Å². The minimum Gasteiger partial charge on any atom is -0.495 e. The largest absolute Gasteiger partial charge is 0.495 e. The standard InChI is InChI=1S/C25H33ClN4O3/c1-5-17(2)27-25(32)20-16-19(28-24(31)18(3)26)10-11-21(20)29-12-14-30(15-13-29)22-8-6-7-9-23(22)33-4/h6-11,16-18H,5,12-15H2,1-4H3,(H,27,32)(H,28,31). The first kappa shape index (κ1) is 24.7. The van der Waals surface area contributed by atoms with Gasteiger partial charge in [-0.2, -0.15) is 0 Å². The number of methoxy groups -OCH3 is 1. The van der Waals surface area contributed by atoms with E-state index in [0.29, 0.717) is 11.3 Å². The Morgan fingerprint density at radius 2 is 1.67 bits per heavy atom. The third-order valence-electron chi connectivity index (χ3n) is 5.91. The number of ether oxygens (including phenoxy) is 1. The minimum atomic E-state index is -0.662. The number of benzene rings is 2. The van der Waals surface area contributed by atoms with Crippen LogP contribution in [0.4, 0.5) is 17.1 Å². The zero-order valence-corrected chi connectivity index (χ0v) is 20.5. The number of anilines is 3. The van der Waals surface area contributed by atoms with Gasteiger partial charge >= 0.3 is 0 Å². The Kier molecular flexibility index (Phi) is 8.44. The van der Waals surface area contributed by atoms with E-state index >= 15 is 0 Å². The van der Waals surface area contributed by atoms with Crippen LogP contribution >= 0.6 is 11.6 Å². The Morgan fingerprint density at radius 1 is 1.03 bits per heavy atom. The summed E-state index contributed by atoms with van der Waals surface area (Å²) in [5, 5.41) is 5.17. The molecule has 33 heavy (non-hydrogen) atoms. The number of carbonyl (C=O) groups is 2. The molecule has 2 aromatic rings. The second-order valence-corrected chi connectivity index (χ2v) is 8.92. The topological polar surface area (TPSA) is 73.9 Å². The average molecular weight is 473 g/mol. The lowest BCUT2D eigenvalue weighted by molar-refractivity contribution is -0.115. The highest BCUT2D eigenvalue weighted by Crippen LogP contribution is 2.31. The number of rotatable bonds is 8. The molecule has 0 spiro atoms. The van der Waals surface area contributed by atoms with E-state index in [1.165, 1.54) is 0 Å². The molecule has 1 fully saturated rings. The second-order valence-electron chi connectivity index (χ2n) is 8.27. The fourth-order valence-corrected chi connectivity index (χ4v) is 3.85. The maximum Gasteiger partial charge on any atom is 0.253 e. The molecule has 1 heterocycles. The third kappa shape index (κ3) is 6.11. The summed E-state index contributed by atoms with van der Waals surface area (Å²) >= 11 is 5.89. The smallest absolute Gasteiger partial charge is 0.253 e. The Labute approximate surface area is 201 Å². The summed E-state index contributed by atoms with van der Waals surface area (Å²) in [4.78, 5) is 29.7. The Balaban J connectivity index is 1.82. The number of hydrogen-bond acceptors (Lipinski definition) is 5. The fraction of sp³-hybridized carbons (Fsp3) is 0.440. The molecule has 8 heteroatoms. The molecule has 0 aromatic heterocycles. The normalized spacial score (nSPS) is 15.5. The van der Waals surface area contributed by atoms with Crippen LogP contribution in [0.25, 0.3) is 0 Å². The van der Waals surface area contributed by atoms with Crippen molar-refractivity contribution in [2.24, 2.45) is 0 Å². The van der Waals surface area contributed by atoms with Crippen LogP contribution in [-0.4, -0.2) is 56.5 Å². The Morgan fingerprint density at radius 3 is 2.27 bits per heavy atom. The molecule has 1 aliphatic rings. The molecule has 2 atom stereocenters. The molecular weight excluding hydrogens is 440 g/mol. The van der Waals surface area contributed by atoms with E-state index in [1.807, 2.05) is 44.2 Å². The summed E-state index contributed by atoms with van der Waals surface area (Å²) < 4.78 is 5.52. The molecule has 0 saturated carbocycles. The van der Waals surface area contributed by atoms with Crippen LogP contribution in [0.2, 0.25) is 0 Å². The molecule has 2 aromatic carbocycles. The molecule has 2 N–H and O–H groups in total. The summed E-state index contributed by atoms with van der Waals surface area (Å²) in [6, 6.07) is 13.5. The number of amides is 2. The lowest BCUT2D eigenvalue weighted by Gasteiger charge is -2.38. The van der Waals surface area contributed by atoms with Crippen LogP contribution in [0.1, 0.15) is 37.6 Å². The van der Waals surface area contributed by atoms with Crippen molar-refractivity contribution < 1.29 is 14.3 Å². The van der Waals surface area contributed by atoms with Crippen LogP contribution in [-0.2, 0) is 4.79 Å². The second kappa shape index (κ2) is 11.3. The van der Waals surface area contributed by atoms with E-state index in [9.17, 15) is 9.59 Å². The van der Waals surface area contributed by atoms with Gasteiger partial charge in [-0.3, -0.25) is 9.59 Å². The number of nitrogens with zero attached hydrogens (tertiary/aromatic N) is 2. The summed E-state index contributed by atoms with van der Waals surface area (Å²) in [7, 11) is 1.68. The monoisotopic (exact) mass is 472 g/mol. The first-order chi connectivity index (χ1) is 15.8. The first-order valence-electron chi connectivity index (χ1n) is 11.4. The molecule has 7 nitrogen and oxygen atoms in total. The van der Waals surface area contributed by atoms with Crippen molar-refractivity contribution in [2.75, 3.05) is 48.4 Å². The van der Waals surface area contributed by atoms with Gasteiger partial charge in [-0.15, -0.1) is 11.6 Å². The van der Waals surface area contributed by atoms with E-state index in [2.05, 4.69) is 26.5 Å². The molecule has 0 radical (unpaired) electrons. The van der Waals surface area contributed by atoms with Crippen LogP contribution in [0, 0.1) is 0 Å². The molecule has 2 amide bonds. The van der Waals surface area contributed by atoms with Crippen molar-refractivity contribution in [1.82, 2.24) is 5.32 Å². The van der Waals surface area contributed by atoms with Gasteiger partial charge in [0.1, 0.15) is 11.1 Å². The van der Waals surface area contributed by atoms with E-state index in [-0.39, 0.29) is 17.9 Å². The van der Waals surface area contributed by atoms with Crippen LogP contribution in [0.15, 0.2) is 42.5 Å². The van der Waals surface area contributed by atoms with Gasteiger partial charge in [-0.1, -0.05) is 19.1 Å². The summed E-state index contributed by atoms with van der Waals surface area (Å²) in [6.07, 6.45) is 0.832. The maximum atomic E-state index is 13.1. The van der Waals surface area contributed by atoms with Crippen molar-refractivity contribution in [1.29, 1.82) is 0 Å². The highest BCUT2D eigenvalue weighted by Gasteiger charge is 2.24. The van der Waals surface area contributed by atoms with Gasteiger partial charge in [-0.25, -0.2) is 0 Å².